The number of aryl methyl sites for hydroxylation is 1. The van der Waals surface area contributed by atoms with Crippen molar-refractivity contribution in [1.82, 2.24) is 5.32 Å². The molecule has 1 fully saturated rings. The summed E-state index contributed by atoms with van der Waals surface area (Å²) < 4.78 is 10.5. The van der Waals surface area contributed by atoms with Gasteiger partial charge in [0.15, 0.2) is 6.10 Å². The summed E-state index contributed by atoms with van der Waals surface area (Å²) in [5.41, 5.74) is 3.07. The minimum Gasteiger partial charge on any atom is -0.451 e. The first-order chi connectivity index (χ1) is 14.9. The lowest BCUT2D eigenvalue weighted by Crippen LogP contribution is -2.36. The highest BCUT2D eigenvalue weighted by molar-refractivity contribution is 5.97. The predicted octanol–water partition coefficient (Wildman–Crippen LogP) is 2.13. The van der Waals surface area contributed by atoms with Gasteiger partial charge in [-0.3, -0.25) is 14.4 Å². The van der Waals surface area contributed by atoms with Gasteiger partial charge in [-0.1, -0.05) is 17.7 Å². The standard InChI is InChI=1S/C23H27N3O5/c1-16-4-3-5-18(14-16)23(29)24-15-21(27)31-17(2)22(28)25-19-6-8-20(9-7-19)26-10-12-30-13-11-26/h3-9,14,17H,10-13,15H2,1-2H3,(H,24,29)(H,25,28)/t17-/m1/s1. The molecule has 0 saturated carbocycles. The number of hydrogen-bond acceptors (Lipinski definition) is 6. The Morgan fingerprint density at radius 3 is 2.48 bits per heavy atom. The fourth-order valence-corrected chi connectivity index (χ4v) is 3.15. The molecule has 2 aromatic rings. The van der Waals surface area contributed by atoms with E-state index >= 15 is 0 Å². The molecule has 31 heavy (non-hydrogen) atoms. The van der Waals surface area contributed by atoms with E-state index in [2.05, 4.69) is 15.5 Å². The number of benzene rings is 2. The van der Waals surface area contributed by atoms with Gasteiger partial charge in [0.05, 0.1) is 13.2 Å². The maximum Gasteiger partial charge on any atom is 0.326 e. The molecule has 0 unspecified atom stereocenters. The number of nitrogens with one attached hydrogen (secondary N) is 2. The molecular weight excluding hydrogens is 398 g/mol. The SMILES string of the molecule is Cc1cccc(C(=O)NCC(=O)O[C@H](C)C(=O)Nc2ccc(N3CCOCC3)cc2)c1. The van der Waals surface area contributed by atoms with E-state index < -0.39 is 18.0 Å². The second-order valence-electron chi connectivity index (χ2n) is 7.32. The highest BCUT2D eigenvalue weighted by atomic mass is 16.5. The molecule has 0 bridgehead atoms. The molecule has 3 rings (SSSR count). The number of carbonyl (C=O) groups is 3. The Morgan fingerprint density at radius 1 is 1.10 bits per heavy atom. The molecule has 0 aliphatic carbocycles. The Labute approximate surface area is 181 Å². The third kappa shape index (κ3) is 6.55. The molecule has 0 spiro atoms. The summed E-state index contributed by atoms with van der Waals surface area (Å²) in [5, 5.41) is 5.23. The van der Waals surface area contributed by atoms with Crippen molar-refractivity contribution in [1.29, 1.82) is 0 Å². The van der Waals surface area contributed by atoms with Crippen LogP contribution < -0.4 is 15.5 Å². The Balaban J connectivity index is 1.44. The van der Waals surface area contributed by atoms with E-state index in [1.807, 2.05) is 25.1 Å². The molecule has 1 aliphatic rings. The van der Waals surface area contributed by atoms with Crippen LogP contribution in [0, 0.1) is 6.92 Å². The van der Waals surface area contributed by atoms with Crippen molar-refractivity contribution >= 4 is 29.2 Å². The third-order valence-electron chi connectivity index (χ3n) is 4.86. The summed E-state index contributed by atoms with van der Waals surface area (Å²) in [7, 11) is 0. The van der Waals surface area contributed by atoms with Crippen molar-refractivity contribution in [3.63, 3.8) is 0 Å². The molecule has 0 radical (unpaired) electrons. The number of amides is 2. The number of anilines is 2. The van der Waals surface area contributed by atoms with Crippen LogP contribution in [0.4, 0.5) is 11.4 Å². The Hall–Kier alpha value is -3.39. The lowest BCUT2D eigenvalue weighted by molar-refractivity contribution is -0.152. The summed E-state index contributed by atoms with van der Waals surface area (Å²) in [4.78, 5) is 38.6. The smallest absolute Gasteiger partial charge is 0.326 e. The average Bonchev–Trinajstić information content (AvgIpc) is 2.78. The van der Waals surface area contributed by atoms with Crippen LogP contribution in [0.2, 0.25) is 0 Å². The number of rotatable bonds is 7. The summed E-state index contributed by atoms with van der Waals surface area (Å²) in [6, 6.07) is 14.5. The van der Waals surface area contributed by atoms with Crippen molar-refractivity contribution in [2.45, 2.75) is 20.0 Å². The zero-order valence-electron chi connectivity index (χ0n) is 17.7. The fourth-order valence-electron chi connectivity index (χ4n) is 3.15. The van der Waals surface area contributed by atoms with Crippen LogP contribution in [0.15, 0.2) is 48.5 Å². The molecule has 1 saturated heterocycles. The topological polar surface area (TPSA) is 97.0 Å². The van der Waals surface area contributed by atoms with Crippen LogP contribution in [0.25, 0.3) is 0 Å². The number of morpholine rings is 1. The molecule has 2 aromatic carbocycles. The van der Waals surface area contributed by atoms with Crippen LogP contribution in [-0.2, 0) is 19.1 Å². The van der Waals surface area contributed by atoms with Crippen molar-refractivity contribution < 1.29 is 23.9 Å². The van der Waals surface area contributed by atoms with Crippen LogP contribution in [0.5, 0.6) is 0 Å². The van der Waals surface area contributed by atoms with Gasteiger partial charge in [0.25, 0.3) is 11.8 Å². The Kier molecular flexibility index (Phi) is 7.61. The zero-order chi connectivity index (χ0) is 22.2. The summed E-state index contributed by atoms with van der Waals surface area (Å²) >= 11 is 0. The monoisotopic (exact) mass is 425 g/mol. The molecule has 1 aliphatic heterocycles. The van der Waals surface area contributed by atoms with Gasteiger partial charge < -0.3 is 25.0 Å². The minimum absolute atomic E-state index is 0.321. The lowest BCUT2D eigenvalue weighted by Gasteiger charge is -2.28. The number of nitrogens with zero attached hydrogens (tertiary/aromatic N) is 1. The van der Waals surface area contributed by atoms with E-state index in [4.69, 9.17) is 9.47 Å². The second-order valence-corrected chi connectivity index (χ2v) is 7.32. The van der Waals surface area contributed by atoms with Crippen LogP contribution in [-0.4, -0.2) is 56.7 Å². The maximum atomic E-state index is 12.3. The highest BCUT2D eigenvalue weighted by Crippen LogP contribution is 2.19. The molecular formula is C23H27N3O5. The van der Waals surface area contributed by atoms with Gasteiger partial charge in [0.1, 0.15) is 6.54 Å². The first-order valence-corrected chi connectivity index (χ1v) is 10.2. The van der Waals surface area contributed by atoms with Crippen molar-refractivity contribution in [2.75, 3.05) is 43.1 Å². The predicted molar refractivity (Wildman–Crippen MR) is 117 cm³/mol. The molecule has 164 valence electrons. The molecule has 2 N–H and O–H groups in total. The van der Waals surface area contributed by atoms with Crippen molar-refractivity contribution in [3.05, 3.63) is 59.7 Å². The van der Waals surface area contributed by atoms with Crippen LogP contribution in [0.1, 0.15) is 22.8 Å². The molecule has 1 atom stereocenters. The zero-order valence-corrected chi connectivity index (χ0v) is 17.7. The highest BCUT2D eigenvalue weighted by Gasteiger charge is 2.19. The Bertz CT molecular complexity index is 923. The van der Waals surface area contributed by atoms with E-state index in [0.29, 0.717) is 24.5 Å². The van der Waals surface area contributed by atoms with Crippen molar-refractivity contribution in [3.8, 4) is 0 Å². The van der Waals surface area contributed by atoms with Gasteiger partial charge >= 0.3 is 5.97 Å². The van der Waals surface area contributed by atoms with E-state index in [9.17, 15) is 14.4 Å². The quantitative estimate of drug-likeness (QED) is 0.660. The number of ether oxygens (including phenoxy) is 2. The van der Waals surface area contributed by atoms with Gasteiger partial charge in [-0.05, 0) is 50.2 Å². The number of esters is 1. The van der Waals surface area contributed by atoms with E-state index in [1.165, 1.54) is 6.92 Å². The third-order valence-corrected chi connectivity index (χ3v) is 4.86. The van der Waals surface area contributed by atoms with Gasteiger partial charge in [-0.25, -0.2) is 0 Å². The normalized spacial score (nSPS) is 14.5. The van der Waals surface area contributed by atoms with Gasteiger partial charge in [0, 0.05) is 30.0 Å². The average molecular weight is 425 g/mol. The van der Waals surface area contributed by atoms with E-state index in [0.717, 1.165) is 24.3 Å². The maximum absolute atomic E-state index is 12.3. The molecule has 8 nitrogen and oxygen atoms in total. The number of carbonyl (C=O) groups excluding carboxylic acids is 3. The first kappa shape index (κ1) is 22.3. The Morgan fingerprint density at radius 2 is 1.81 bits per heavy atom. The fraction of sp³-hybridized carbons (Fsp3) is 0.348. The lowest BCUT2D eigenvalue weighted by atomic mass is 10.1. The minimum atomic E-state index is -0.998. The summed E-state index contributed by atoms with van der Waals surface area (Å²) in [6.07, 6.45) is -0.998. The van der Waals surface area contributed by atoms with Crippen LogP contribution >= 0.6 is 0 Å². The van der Waals surface area contributed by atoms with Crippen LogP contribution in [0.3, 0.4) is 0 Å². The molecule has 8 heteroatoms. The van der Waals surface area contributed by atoms with Gasteiger partial charge in [-0.2, -0.15) is 0 Å². The first-order valence-electron chi connectivity index (χ1n) is 10.2. The van der Waals surface area contributed by atoms with Gasteiger partial charge in [-0.15, -0.1) is 0 Å². The van der Waals surface area contributed by atoms with Gasteiger partial charge in [0.2, 0.25) is 0 Å². The molecule has 0 aromatic heterocycles. The second kappa shape index (κ2) is 10.6. The van der Waals surface area contributed by atoms with E-state index in [-0.39, 0.29) is 12.5 Å². The summed E-state index contributed by atoms with van der Waals surface area (Å²) in [5.74, 6) is -1.51. The van der Waals surface area contributed by atoms with E-state index in [1.54, 1.807) is 30.3 Å². The number of hydrogen-bond donors (Lipinski definition) is 2. The molecule has 1 heterocycles. The largest absolute Gasteiger partial charge is 0.451 e. The molecule has 2 amide bonds. The van der Waals surface area contributed by atoms with Crippen molar-refractivity contribution in [2.24, 2.45) is 0 Å². The summed E-state index contributed by atoms with van der Waals surface area (Å²) in [6.45, 7) is 6.11.